The van der Waals surface area contributed by atoms with Crippen molar-refractivity contribution < 1.29 is 47.9 Å². The topological polar surface area (TPSA) is 81.9 Å². The van der Waals surface area contributed by atoms with E-state index < -0.39 is 15.8 Å². The molecule has 0 amide bonds. The van der Waals surface area contributed by atoms with Gasteiger partial charge in [-0.05, 0) is 32.3 Å². The summed E-state index contributed by atoms with van der Waals surface area (Å²) in [5.41, 5.74) is 1.13. The molecule has 3 rings (SSSR count). The first-order valence-electron chi connectivity index (χ1n) is 7.43. The van der Waals surface area contributed by atoms with Crippen molar-refractivity contribution in [3.8, 4) is 0 Å². The molecule has 2 heterocycles. The van der Waals surface area contributed by atoms with Gasteiger partial charge in [-0.3, -0.25) is 0 Å². The van der Waals surface area contributed by atoms with Gasteiger partial charge in [-0.25, -0.2) is 8.42 Å². The third-order valence-electron chi connectivity index (χ3n) is 3.98. The third-order valence-corrected chi connectivity index (χ3v) is 5.66. The molecule has 0 bridgehead atoms. The van der Waals surface area contributed by atoms with Gasteiger partial charge in [0.05, 0.1) is 27.7 Å². The van der Waals surface area contributed by atoms with E-state index >= 15 is 0 Å². The Morgan fingerprint density at radius 2 is 1.80 bits per heavy atom. The molecule has 0 saturated carbocycles. The summed E-state index contributed by atoms with van der Waals surface area (Å²) in [5.74, 6) is -1.28. The van der Waals surface area contributed by atoms with Gasteiger partial charge in [0, 0.05) is 23.7 Å². The Hall–Kier alpha value is -1.38. The van der Waals surface area contributed by atoms with E-state index in [1.54, 1.807) is 33.6 Å². The van der Waals surface area contributed by atoms with Crippen LogP contribution in [0.5, 0.6) is 0 Å². The van der Waals surface area contributed by atoms with Crippen LogP contribution in [0.2, 0.25) is 0 Å². The van der Waals surface area contributed by atoms with Crippen LogP contribution in [0.3, 0.4) is 0 Å². The fourth-order valence-electron chi connectivity index (χ4n) is 2.74. The van der Waals surface area contributed by atoms with Crippen molar-refractivity contribution in [2.24, 2.45) is 0 Å². The Morgan fingerprint density at radius 3 is 2.44 bits per heavy atom. The van der Waals surface area contributed by atoms with Crippen molar-refractivity contribution in [2.75, 3.05) is 26.4 Å². The molecule has 126 valence electrons. The number of aromatic carboxylic acids is 1. The van der Waals surface area contributed by atoms with Gasteiger partial charge in [0.25, 0.3) is 0 Å². The monoisotopic (exact) mass is 368 g/mol. The van der Waals surface area contributed by atoms with Gasteiger partial charge in [0.1, 0.15) is 0 Å². The Morgan fingerprint density at radius 1 is 1.12 bits per heavy atom. The molecule has 1 aromatic carbocycles. The van der Waals surface area contributed by atoms with Crippen LogP contribution in [0.25, 0.3) is 16.4 Å². The molecule has 0 fully saturated rings. The number of aromatic nitrogens is 1. The van der Waals surface area contributed by atoms with Gasteiger partial charge >= 0.3 is 29.6 Å². The van der Waals surface area contributed by atoms with E-state index in [9.17, 15) is 18.3 Å². The fraction of sp³-hybridized carbons (Fsp3) is 0.235. The largest absolute Gasteiger partial charge is 1.00 e. The van der Waals surface area contributed by atoms with Crippen LogP contribution >= 0.6 is 0 Å². The molecular formula is C17H17N2NaO4S. The smallest absolute Gasteiger partial charge is 0.545 e. The molecule has 0 aliphatic rings. The Bertz CT molecular complexity index is 1040. The molecule has 0 unspecified atom stereocenters. The number of carbonyl (C=O) groups is 1. The van der Waals surface area contributed by atoms with Gasteiger partial charge in [0.15, 0.2) is 9.84 Å². The van der Waals surface area contributed by atoms with Gasteiger partial charge in [-0.1, -0.05) is 18.2 Å². The standard InChI is InChI=1S/C17H18N2O4S.Na/c1-18(2)9-10-24(22,23)12-7-8-15-16(17(20)21)13-5-3-4-6-14(13)19(15)11-12;/h3-8,11H,9-10H2,1-2H3,(H,20,21);/q;+1/p-1. The molecule has 6 nitrogen and oxygen atoms in total. The number of carboxylic acids is 1. The average molecular weight is 368 g/mol. The van der Waals surface area contributed by atoms with Crippen LogP contribution in [0.15, 0.2) is 47.5 Å². The predicted molar refractivity (Wildman–Crippen MR) is 89.8 cm³/mol. The van der Waals surface area contributed by atoms with E-state index in [0.29, 0.717) is 23.0 Å². The first kappa shape index (κ1) is 19.9. The minimum Gasteiger partial charge on any atom is -0.545 e. The molecule has 2 aromatic heterocycles. The molecule has 0 spiro atoms. The number of carbonyl (C=O) groups excluding carboxylic acids is 1. The molecule has 0 aliphatic carbocycles. The van der Waals surface area contributed by atoms with E-state index in [-0.39, 0.29) is 45.8 Å². The third kappa shape index (κ3) is 3.75. The maximum absolute atomic E-state index is 12.5. The number of para-hydroxylation sites is 1. The zero-order valence-electron chi connectivity index (χ0n) is 14.4. The van der Waals surface area contributed by atoms with E-state index in [1.165, 1.54) is 18.3 Å². The van der Waals surface area contributed by atoms with E-state index in [4.69, 9.17) is 0 Å². The number of hydrogen-bond donors (Lipinski definition) is 0. The molecule has 0 N–H and O–H groups in total. The molecule has 0 aliphatic heterocycles. The molecule has 0 atom stereocenters. The normalized spacial score (nSPS) is 11.8. The second-order valence-electron chi connectivity index (χ2n) is 5.92. The molecule has 0 saturated heterocycles. The van der Waals surface area contributed by atoms with Crippen LogP contribution in [0, 0.1) is 0 Å². The van der Waals surface area contributed by atoms with Gasteiger partial charge in [0.2, 0.25) is 0 Å². The van der Waals surface area contributed by atoms with E-state index in [1.807, 2.05) is 14.1 Å². The van der Waals surface area contributed by atoms with Crippen LogP contribution in [-0.4, -0.2) is 50.1 Å². The predicted octanol–water partition coefficient (Wildman–Crippen LogP) is -2.20. The molecule has 25 heavy (non-hydrogen) atoms. The number of carboxylic acid groups (broad SMARTS) is 1. The summed E-state index contributed by atoms with van der Waals surface area (Å²) in [4.78, 5) is 13.5. The first-order valence-corrected chi connectivity index (χ1v) is 9.08. The summed E-state index contributed by atoms with van der Waals surface area (Å²) in [6, 6.07) is 9.93. The van der Waals surface area contributed by atoms with Gasteiger partial charge < -0.3 is 19.2 Å². The van der Waals surface area contributed by atoms with Crippen LogP contribution < -0.4 is 34.7 Å². The zero-order chi connectivity index (χ0) is 17.5. The summed E-state index contributed by atoms with van der Waals surface area (Å²) in [5, 5.41) is 12.0. The maximum Gasteiger partial charge on any atom is 1.00 e. The van der Waals surface area contributed by atoms with Crippen LogP contribution in [-0.2, 0) is 9.84 Å². The minimum absolute atomic E-state index is 0. The summed E-state index contributed by atoms with van der Waals surface area (Å²) in [6.07, 6.45) is 1.48. The molecular weight excluding hydrogens is 351 g/mol. The fourth-order valence-corrected chi connectivity index (χ4v) is 4.12. The van der Waals surface area contributed by atoms with Crippen LogP contribution in [0.4, 0.5) is 0 Å². The zero-order valence-corrected chi connectivity index (χ0v) is 17.2. The molecule has 0 radical (unpaired) electrons. The van der Waals surface area contributed by atoms with Crippen molar-refractivity contribution in [1.29, 1.82) is 0 Å². The number of sulfone groups is 1. The van der Waals surface area contributed by atoms with Crippen LogP contribution in [0.1, 0.15) is 10.4 Å². The van der Waals surface area contributed by atoms with Gasteiger partial charge in [-0.15, -0.1) is 0 Å². The Labute approximate surface area is 168 Å². The van der Waals surface area contributed by atoms with Crippen molar-refractivity contribution in [3.05, 3.63) is 48.2 Å². The number of pyridine rings is 1. The average Bonchev–Trinajstić information content (AvgIpc) is 2.87. The van der Waals surface area contributed by atoms with E-state index in [0.717, 1.165) is 0 Å². The van der Waals surface area contributed by atoms with E-state index in [2.05, 4.69) is 0 Å². The maximum atomic E-state index is 12.5. The van der Waals surface area contributed by atoms with Crippen molar-refractivity contribution >= 4 is 32.2 Å². The number of fused-ring (bicyclic) bond motifs is 3. The number of rotatable bonds is 5. The van der Waals surface area contributed by atoms with Crippen molar-refractivity contribution in [2.45, 2.75) is 4.90 Å². The van der Waals surface area contributed by atoms with Gasteiger partial charge in [-0.2, -0.15) is 0 Å². The first-order chi connectivity index (χ1) is 11.3. The molecule has 3 aromatic rings. The summed E-state index contributed by atoms with van der Waals surface area (Å²) >= 11 is 0. The number of benzene rings is 1. The summed E-state index contributed by atoms with van der Waals surface area (Å²) in [6.45, 7) is 0.414. The SMILES string of the molecule is CN(C)CCS(=O)(=O)c1ccc2c(C(=O)[O-])c3ccccc3n2c1.[Na+]. The number of hydrogen-bond acceptors (Lipinski definition) is 5. The minimum atomic E-state index is -3.45. The quantitative estimate of drug-likeness (QED) is 0.477. The summed E-state index contributed by atoms with van der Waals surface area (Å²) < 4.78 is 26.6. The van der Waals surface area contributed by atoms with Crippen molar-refractivity contribution in [1.82, 2.24) is 9.30 Å². The second kappa shape index (κ2) is 7.47. The molecule has 8 heteroatoms. The Balaban J connectivity index is 0.00000225. The van der Waals surface area contributed by atoms with Crippen molar-refractivity contribution in [3.63, 3.8) is 0 Å². The summed E-state index contributed by atoms with van der Waals surface area (Å²) in [7, 11) is 0.168. The number of nitrogens with zero attached hydrogens (tertiary/aromatic N) is 2. The Kier molecular flexibility index (Phi) is 5.96. The second-order valence-corrected chi connectivity index (χ2v) is 8.03.